The molecule has 1 aliphatic heterocycles. The summed E-state index contributed by atoms with van der Waals surface area (Å²) >= 11 is 0. The van der Waals surface area contributed by atoms with Gasteiger partial charge in [0, 0.05) is 25.3 Å². The summed E-state index contributed by atoms with van der Waals surface area (Å²) in [6.07, 6.45) is 2.18. The van der Waals surface area contributed by atoms with E-state index < -0.39 is 0 Å². The molecule has 5 heteroatoms. The molecule has 0 amide bonds. The molecule has 17 heavy (non-hydrogen) atoms. The summed E-state index contributed by atoms with van der Waals surface area (Å²) in [5, 5.41) is 9.25. The van der Waals surface area contributed by atoms with Gasteiger partial charge >= 0.3 is 0 Å². The number of aromatic nitrogens is 2. The fourth-order valence-electron chi connectivity index (χ4n) is 2.35. The summed E-state index contributed by atoms with van der Waals surface area (Å²) in [7, 11) is 0. The number of hydrogen-bond donors (Lipinski definition) is 2. The van der Waals surface area contributed by atoms with Crippen molar-refractivity contribution < 1.29 is 5.11 Å². The van der Waals surface area contributed by atoms with Gasteiger partial charge in [-0.15, -0.1) is 0 Å². The van der Waals surface area contributed by atoms with Crippen LogP contribution >= 0.6 is 0 Å². The third kappa shape index (κ3) is 2.49. The molecule has 5 nitrogen and oxygen atoms in total. The maximum absolute atomic E-state index is 9.25. The zero-order chi connectivity index (χ0) is 12.4. The van der Waals surface area contributed by atoms with Gasteiger partial charge in [0.25, 0.3) is 0 Å². The van der Waals surface area contributed by atoms with E-state index in [-0.39, 0.29) is 6.61 Å². The van der Waals surface area contributed by atoms with Gasteiger partial charge in [0.1, 0.15) is 17.5 Å². The van der Waals surface area contributed by atoms with E-state index in [2.05, 4.69) is 14.9 Å². The number of rotatable bonds is 2. The van der Waals surface area contributed by atoms with Crippen molar-refractivity contribution in [3.05, 3.63) is 11.4 Å². The second-order valence-corrected chi connectivity index (χ2v) is 4.74. The van der Waals surface area contributed by atoms with Crippen LogP contribution in [-0.2, 0) is 0 Å². The first-order valence-corrected chi connectivity index (χ1v) is 6.08. The Morgan fingerprint density at radius 2 is 2.18 bits per heavy atom. The van der Waals surface area contributed by atoms with Crippen LogP contribution in [0.25, 0.3) is 0 Å². The van der Waals surface area contributed by atoms with Crippen LogP contribution in [0.2, 0.25) is 0 Å². The van der Waals surface area contributed by atoms with Gasteiger partial charge in [-0.2, -0.15) is 0 Å². The van der Waals surface area contributed by atoms with Gasteiger partial charge in [0.2, 0.25) is 0 Å². The molecule has 1 aromatic heterocycles. The topological polar surface area (TPSA) is 75.3 Å². The number of aliphatic hydroxyl groups excluding tert-OH is 1. The van der Waals surface area contributed by atoms with Crippen molar-refractivity contribution in [3.8, 4) is 0 Å². The molecule has 0 aromatic carbocycles. The highest BCUT2D eigenvalue weighted by atomic mass is 16.3. The van der Waals surface area contributed by atoms with Crippen LogP contribution in [0.4, 0.5) is 11.6 Å². The maximum Gasteiger partial charge on any atom is 0.137 e. The van der Waals surface area contributed by atoms with Crippen molar-refractivity contribution in [2.45, 2.75) is 26.7 Å². The molecule has 1 aliphatic rings. The molecule has 3 N–H and O–H groups in total. The fraction of sp³-hybridized carbons (Fsp3) is 0.667. The number of aryl methyl sites for hydroxylation is 1. The molecule has 1 aromatic rings. The van der Waals surface area contributed by atoms with E-state index in [4.69, 9.17) is 5.73 Å². The minimum Gasteiger partial charge on any atom is -0.396 e. The van der Waals surface area contributed by atoms with E-state index >= 15 is 0 Å². The summed E-state index contributed by atoms with van der Waals surface area (Å²) in [6.45, 7) is 5.88. The Labute approximate surface area is 102 Å². The Morgan fingerprint density at radius 1 is 1.41 bits per heavy atom. The van der Waals surface area contributed by atoms with Crippen molar-refractivity contribution in [2.24, 2.45) is 5.92 Å². The molecule has 1 fully saturated rings. The minimum absolute atomic E-state index is 0.245. The van der Waals surface area contributed by atoms with E-state index in [0.717, 1.165) is 37.3 Å². The molecular formula is C12H20N4O. The van der Waals surface area contributed by atoms with Gasteiger partial charge in [0.15, 0.2) is 0 Å². The molecule has 1 unspecified atom stereocenters. The van der Waals surface area contributed by atoms with Crippen LogP contribution in [-0.4, -0.2) is 34.8 Å². The fourth-order valence-corrected chi connectivity index (χ4v) is 2.35. The molecule has 2 rings (SSSR count). The number of nitrogen functional groups attached to an aromatic ring is 1. The van der Waals surface area contributed by atoms with Crippen molar-refractivity contribution in [1.29, 1.82) is 0 Å². The monoisotopic (exact) mass is 236 g/mol. The third-order valence-electron chi connectivity index (χ3n) is 3.35. The summed E-state index contributed by atoms with van der Waals surface area (Å²) in [6, 6.07) is 0. The van der Waals surface area contributed by atoms with E-state index in [0.29, 0.717) is 17.6 Å². The van der Waals surface area contributed by atoms with Gasteiger partial charge in [-0.3, -0.25) is 0 Å². The summed E-state index contributed by atoms with van der Waals surface area (Å²) in [4.78, 5) is 10.9. The van der Waals surface area contributed by atoms with Crippen molar-refractivity contribution in [1.82, 2.24) is 9.97 Å². The number of nitrogens with zero attached hydrogens (tertiary/aromatic N) is 3. The molecule has 94 valence electrons. The van der Waals surface area contributed by atoms with Gasteiger partial charge in [-0.05, 0) is 32.6 Å². The highest BCUT2D eigenvalue weighted by Crippen LogP contribution is 2.26. The number of anilines is 2. The van der Waals surface area contributed by atoms with Crippen molar-refractivity contribution in [3.63, 3.8) is 0 Å². The maximum atomic E-state index is 9.25. The molecule has 0 aliphatic carbocycles. The van der Waals surface area contributed by atoms with Crippen LogP contribution in [0.3, 0.4) is 0 Å². The van der Waals surface area contributed by atoms with Gasteiger partial charge in [-0.25, -0.2) is 9.97 Å². The molecular weight excluding hydrogens is 216 g/mol. The van der Waals surface area contributed by atoms with Crippen molar-refractivity contribution in [2.75, 3.05) is 30.3 Å². The molecule has 0 saturated carbocycles. The lowest BCUT2D eigenvalue weighted by molar-refractivity contribution is 0.208. The number of piperidine rings is 1. The summed E-state index contributed by atoms with van der Waals surface area (Å²) in [5.74, 6) is 2.53. The zero-order valence-corrected chi connectivity index (χ0v) is 10.5. The second kappa shape index (κ2) is 4.87. The molecule has 1 saturated heterocycles. The Hall–Kier alpha value is -1.36. The number of hydrogen-bond acceptors (Lipinski definition) is 5. The van der Waals surface area contributed by atoms with Gasteiger partial charge in [-0.1, -0.05) is 0 Å². The lowest BCUT2D eigenvalue weighted by Crippen LogP contribution is -2.38. The average molecular weight is 236 g/mol. The minimum atomic E-state index is 0.245. The number of nitrogens with two attached hydrogens (primary N) is 1. The molecule has 0 bridgehead atoms. The predicted octanol–water partition coefficient (Wildman–Crippen LogP) is 0.884. The van der Waals surface area contributed by atoms with Crippen LogP contribution in [0.5, 0.6) is 0 Å². The highest BCUT2D eigenvalue weighted by Gasteiger charge is 2.22. The summed E-state index contributed by atoms with van der Waals surface area (Å²) in [5.41, 5.74) is 6.81. The lowest BCUT2D eigenvalue weighted by atomic mass is 9.99. The first-order valence-electron chi connectivity index (χ1n) is 6.08. The van der Waals surface area contributed by atoms with Crippen molar-refractivity contribution >= 4 is 11.6 Å². The summed E-state index contributed by atoms with van der Waals surface area (Å²) < 4.78 is 0. The Balaban J connectivity index is 2.27. The molecule has 0 radical (unpaired) electrons. The normalized spacial score (nSPS) is 20.6. The predicted molar refractivity (Wildman–Crippen MR) is 67.9 cm³/mol. The lowest BCUT2D eigenvalue weighted by Gasteiger charge is -2.33. The first-order chi connectivity index (χ1) is 8.11. The van der Waals surface area contributed by atoms with Gasteiger partial charge < -0.3 is 15.7 Å². The van der Waals surface area contributed by atoms with E-state index in [1.54, 1.807) is 0 Å². The third-order valence-corrected chi connectivity index (χ3v) is 3.35. The first kappa shape index (κ1) is 12.1. The van der Waals surface area contributed by atoms with Crippen LogP contribution in [0, 0.1) is 19.8 Å². The zero-order valence-electron chi connectivity index (χ0n) is 10.5. The van der Waals surface area contributed by atoms with Crippen LogP contribution in [0.1, 0.15) is 24.2 Å². The molecule has 1 atom stereocenters. The standard InChI is InChI=1S/C12H20N4O/c1-8-11(13)14-9(2)15-12(8)16-5-3-4-10(6-16)7-17/h10,17H,3-7H2,1-2H3,(H2,13,14,15). The number of aliphatic hydroxyl groups is 1. The average Bonchev–Trinajstić information content (AvgIpc) is 2.34. The van der Waals surface area contributed by atoms with Crippen LogP contribution < -0.4 is 10.6 Å². The van der Waals surface area contributed by atoms with E-state index in [1.165, 1.54) is 0 Å². The quantitative estimate of drug-likeness (QED) is 0.797. The Bertz CT molecular complexity index is 408. The highest BCUT2D eigenvalue weighted by molar-refractivity contribution is 5.56. The second-order valence-electron chi connectivity index (χ2n) is 4.74. The largest absolute Gasteiger partial charge is 0.396 e. The molecule has 2 heterocycles. The SMILES string of the molecule is Cc1nc(N)c(C)c(N2CCCC(CO)C2)n1. The van der Waals surface area contributed by atoms with E-state index in [9.17, 15) is 5.11 Å². The molecule has 0 spiro atoms. The Morgan fingerprint density at radius 3 is 2.88 bits per heavy atom. The van der Waals surface area contributed by atoms with Crippen LogP contribution in [0.15, 0.2) is 0 Å². The van der Waals surface area contributed by atoms with E-state index in [1.807, 2.05) is 13.8 Å². The Kier molecular flexibility index (Phi) is 3.47. The smallest absolute Gasteiger partial charge is 0.137 e. The van der Waals surface area contributed by atoms with Gasteiger partial charge in [0.05, 0.1) is 0 Å².